The van der Waals surface area contributed by atoms with Gasteiger partial charge in [-0.05, 0) is 57.6 Å². The van der Waals surface area contributed by atoms with Gasteiger partial charge in [-0.25, -0.2) is 0 Å². The van der Waals surface area contributed by atoms with Gasteiger partial charge in [0.15, 0.2) is 6.10 Å². The minimum absolute atomic E-state index is 0.267. The predicted molar refractivity (Wildman–Crippen MR) is 91.4 cm³/mol. The summed E-state index contributed by atoms with van der Waals surface area (Å²) in [6.45, 7) is 7.58. The van der Waals surface area contributed by atoms with E-state index in [4.69, 9.17) is 4.74 Å². The normalized spacial score (nSPS) is 16.2. The number of aryl methyl sites for hydroxylation is 3. The Bertz CT molecular complexity index is 565. The highest BCUT2D eigenvalue weighted by Gasteiger charge is 2.23. The van der Waals surface area contributed by atoms with Gasteiger partial charge in [0.1, 0.15) is 0 Å². The van der Waals surface area contributed by atoms with E-state index in [9.17, 15) is 9.59 Å². The molecule has 1 aromatic rings. The molecule has 2 rings (SSSR count). The first-order chi connectivity index (χ1) is 10.9. The van der Waals surface area contributed by atoms with Crippen molar-refractivity contribution < 1.29 is 14.3 Å². The number of rotatable bonds is 5. The molecule has 0 bridgehead atoms. The van der Waals surface area contributed by atoms with E-state index in [2.05, 4.69) is 5.32 Å². The number of anilines is 1. The summed E-state index contributed by atoms with van der Waals surface area (Å²) in [7, 11) is 0. The van der Waals surface area contributed by atoms with Crippen LogP contribution in [0.2, 0.25) is 0 Å². The van der Waals surface area contributed by atoms with Gasteiger partial charge < -0.3 is 10.1 Å². The molecule has 4 heteroatoms. The molecule has 0 saturated heterocycles. The number of carbonyl (C=O) groups excluding carboxylic acids is 2. The molecule has 1 amide bonds. The predicted octanol–water partition coefficient (Wildman–Crippen LogP) is 4.06. The van der Waals surface area contributed by atoms with Gasteiger partial charge in [0, 0.05) is 12.1 Å². The maximum atomic E-state index is 12.3. The molecule has 0 heterocycles. The van der Waals surface area contributed by atoms with Crippen LogP contribution in [-0.2, 0) is 14.3 Å². The Balaban J connectivity index is 1.91. The van der Waals surface area contributed by atoms with Crippen molar-refractivity contribution >= 4 is 17.6 Å². The van der Waals surface area contributed by atoms with E-state index < -0.39 is 6.10 Å². The van der Waals surface area contributed by atoms with Crippen molar-refractivity contribution in [1.29, 1.82) is 0 Å². The van der Waals surface area contributed by atoms with Crippen LogP contribution < -0.4 is 5.32 Å². The smallest absolute Gasteiger partial charge is 0.306 e. The van der Waals surface area contributed by atoms with Crippen molar-refractivity contribution in [2.75, 3.05) is 5.32 Å². The number of ether oxygens (including phenoxy) is 1. The number of hydrogen-bond acceptors (Lipinski definition) is 3. The van der Waals surface area contributed by atoms with Crippen LogP contribution >= 0.6 is 0 Å². The summed E-state index contributed by atoms with van der Waals surface area (Å²) < 4.78 is 5.30. The van der Waals surface area contributed by atoms with Crippen molar-refractivity contribution in [2.24, 2.45) is 5.92 Å². The lowest BCUT2D eigenvalue weighted by Gasteiger charge is -2.17. The molecule has 0 aromatic heterocycles. The van der Waals surface area contributed by atoms with Gasteiger partial charge in [0.2, 0.25) is 0 Å². The number of carbonyl (C=O) groups is 2. The van der Waals surface area contributed by atoms with Gasteiger partial charge in [0.05, 0.1) is 0 Å². The van der Waals surface area contributed by atoms with Crippen LogP contribution in [0.1, 0.15) is 55.7 Å². The first-order valence-electron chi connectivity index (χ1n) is 8.45. The molecule has 1 saturated carbocycles. The molecule has 23 heavy (non-hydrogen) atoms. The average molecular weight is 317 g/mol. The second-order valence-corrected chi connectivity index (χ2v) is 6.75. The van der Waals surface area contributed by atoms with Crippen molar-refractivity contribution in [3.8, 4) is 0 Å². The third kappa shape index (κ3) is 4.81. The van der Waals surface area contributed by atoms with E-state index in [1.165, 1.54) is 12.8 Å². The highest BCUT2D eigenvalue weighted by atomic mass is 16.5. The molecule has 4 nitrogen and oxygen atoms in total. The maximum absolute atomic E-state index is 12.3. The molecule has 1 unspecified atom stereocenters. The van der Waals surface area contributed by atoms with E-state index in [1.807, 2.05) is 32.9 Å². The Hall–Kier alpha value is -1.84. The monoisotopic (exact) mass is 317 g/mol. The summed E-state index contributed by atoms with van der Waals surface area (Å²) in [5.74, 6) is -0.115. The van der Waals surface area contributed by atoms with Crippen LogP contribution in [0.25, 0.3) is 0 Å². The van der Waals surface area contributed by atoms with E-state index >= 15 is 0 Å². The van der Waals surface area contributed by atoms with E-state index in [0.29, 0.717) is 12.3 Å². The summed E-state index contributed by atoms with van der Waals surface area (Å²) >= 11 is 0. The minimum atomic E-state index is -0.774. The third-order valence-corrected chi connectivity index (χ3v) is 4.53. The fraction of sp³-hybridized carbons (Fsp3) is 0.579. The van der Waals surface area contributed by atoms with Gasteiger partial charge in [-0.1, -0.05) is 30.5 Å². The Labute approximate surface area is 138 Å². The molecule has 1 aliphatic carbocycles. The lowest BCUT2D eigenvalue weighted by molar-refractivity contribution is -0.154. The molecule has 0 aliphatic heterocycles. The largest absolute Gasteiger partial charge is 0.453 e. The Morgan fingerprint density at radius 3 is 2.30 bits per heavy atom. The molecule has 1 aromatic carbocycles. The van der Waals surface area contributed by atoms with Crippen LogP contribution in [0.4, 0.5) is 5.69 Å². The average Bonchev–Trinajstić information content (AvgIpc) is 2.95. The van der Waals surface area contributed by atoms with E-state index in [-0.39, 0.29) is 11.9 Å². The number of nitrogens with one attached hydrogen (secondary N) is 1. The standard InChI is InChI=1S/C19H27NO3/c1-12-9-13(2)18(14(3)10-12)20-19(22)15(4)23-17(21)11-16-7-5-6-8-16/h9-10,15-16H,5-8,11H2,1-4H3,(H,20,22). The van der Waals surface area contributed by atoms with Crippen LogP contribution in [-0.4, -0.2) is 18.0 Å². The minimum Gasteiger partial charge on any atom is -0.453 e. The van der Waals surface area contributed by atoms with Crippen molar-refractivity contribution in [3.63, 3.8) is 0 Å². The summed E-state index contributed by atoms with van der Waals surface area (Å²) in [6.07, 6.45) is 4.23. The van der Waals surface area contributed by atoms with Gasteiger partial charge in [-0.2, -0.15) is 0 Å². The van der Waals surface area contributed by atoms with Crippen LogP contribution in [0.5, 0.6) is 0 Å². The number of amides is 1. The zero-order chi connectivity index (χ0) is 17.0. The number of hydrogen-bond donors (Lipinski definition) is 1. The SMILES string of the molecule is Cc1cc(C)c(NC(=O)C(C)OC(=O)CC2CCCC2)c(C)c1. The molecular weight excluding hydrogens is 290 g/mol. The van der Waals surface area contributed by atoms with Crippen molar-refractivity contribution in [2.45, 2.75) is 65.9 Å². The Morgan fingerprint density at radius 1 is 1.17 bits per heavy atom. The van der Waals surface area contributed by atoms with E-state index in [0.717, 1.165) is 35.2 Å². The quantitative estimate of drug-likeness (QED) is 0.833. The summed E-state index contributed by atoms with van der Waals surface area (Å²) in [4.78, 5) is 24.2. The van der Waals surface area contributed by atoms with Gasteiger partial charge in [-0.15, -0.1) is 0 Å². The number of benzene rings is 1. The first-order valence-corrected chi connectivity index (χ1v) is 8.45. The summed E-state index contributed by atoms with van der Waals surface area (Å²) in [6, 6.07) is 4.05. The van der Waals surface area contributed by atoms with Crippen LogP contribution in [0.15, 0.2) is 12.1 Å². The zero-order valence-electron chi connectivity index (χ0n) is 14.6. The molecule has 1 N–H and O–H groups in total. The number of esters is 1. The van der Waals surface area contributed by atoms with Crippen molar-refractivity contribution in [3.05, 3.63) is 28.8 Å². The van der Waals surface area contributed by atoms with E-state index in [1.54, 1.807) is 6.92 Å². The first kappa shape index (κ1) is 17.5. The van der Waals surface area contributed by atoms with Crippen LogP contribution in [0, 0.1) is 26.7 Å². The second-order valence-electron chi connectivity index (χ2n) is 6.75. The fourth-order valence-electron chi connectivity index (χ4n) is 3.35. The molecule has 1 fully saturated rings. The zero-order valence-corrected chi connectivity index (χ0v) is 14.6. The molecule has 1 aliphatic rings. The second kappa shape index (κ2) is 7.62. The Kier molecular flexibility index (Phi) is 5.80. The molecule has 126 valence electrons. The maximum Gasteiger partial charge on any atom is 0.306 e. The van der Waals surface area contributed by atoms with Gasteiger partial charge >= 0.3 is 5.97 Å². The third-order valence-electron chi connectivity index (χ3n) is 4.53. The highest BCUT2D eigenvalue weighted by molar-refractivity contribution is 5.96. The molecule has 0 radical (unpaired) electrons. The fourth-order valence-corrected chi connectivity index (χ4v) is 3.35. The highest BCUT2D eigenvalue weighted by Crippen LogP contribution is 2.28. The molecule has 1 atom stereocenters. The lowest BCUT2D eigenvalue weighted by atomic mass is 10.0. The van der Waals surface area contributed by atoms with Crippen molar-refractivity contribution in [1.82, 2.24) is 0 Å². The molecule has 0 spiro atoms. The van der Waals surface area contributed by atoms with Gasteiger partial charge in [-0.3, -0.25) is 9.59 Å². The topological polar surface area (TPSA) is 55.4 Å². The van der Waals surface area contributed by atoms with Gasteiger partial charge in [0.25, 0.3) is 5.91 Å². The Morgan fingerprint density at radius 2 is 1.74 bits per heavy atom. The van der Waals surface area contributed by atoms with Crippen LogP contribution in [0.3, 0.4) is 0 Å². The lowest BCUT2D eigenvalue weighted by Crippen LogP contribution is -2.31. The summed E-state index contributed by atoms with van der Waals surface area (Å²) in [5, 5.41) is 2.89. The summed E-state index contributed by atoms with van der Waals surface area (Å²) in [5.41, 5.74) is 3.99. The molecular formula is C19H27NO3.